The standard InChI is InChI=1S/C9H7BrN2O2S/c10-8-2-1-7(14-8)9(13)12-4-6-3-11-5-15-6/h1-3,5H,4H2,(H,12,13). The zero-order valence-electron chi connectivity index (χ0n) is 7.57. The van der Waals surface area contributed by atoms with Crippen LogP contribution in [0.3, 0.4) is 0 Å². The van der Waals surface area contributed by atoms with Crippen molar-refractivity contribution in [3.63, 3.8) is 0 Å². The molecular weight excluding hydrogens is 280 g/mol. The lowest BCUT2D eigenvalue weighted by Gasteiger charge is -1.99. The van der Waals surface area contributed by atoms with Crippen molar-refractivity contribution in [1.82, 2.24) is 10.3 Å². The molecule has 2 rings (SSSR count). The number of rotatable bonds is 3. The van der Waals surface area contributed by atoms with Gasteiger partial charge in [0.25, 0.3) is 5.91 Å². The van der Waals surface area contributed by atoms with Gasteiger partial charge < -0.3 is 9.73 Å². The van der Waals surface area contributed by atoms with Gasteiger partial charge in [-0.3, -0.25) is 9.78 Å². The second-order valence-corrected chi connectivity index (χ2v) is 4.51. The van der Waals surface area contributed by atoms with Gasteiger partial charge in [0, 0.05) is 11.1 Å². The highest BCUT2D eigenvalue weighted by molar-refractivity contribution is 9.10. The number of furan rings is 1. The first kappa shape index (κ1) is 10.4. The molecule has 0 spiro atoms. The molecule has 0 unspecified atom stereocenters. The molecule has 1 amide bonds. The lowest BCUT2D eigenvalue weighted by atomic mass is 10.4. The monoisotopic (exact) mass is 286 g/mol. The van der Waals surface area contributed by atoms with Crippen LogP contribution in [0.25, 0.3) is 0 Å². The van der Waals surface area contributed by atoms with E-state index in [2.05, 4.69) is 26.2 Å². The first-order valence-electron chi connectivity index (χ1n) is 4.16. The Bertz CT molecular complexity index is 452. The first-order chi connectivity index (χ1) is 7.25. The van der Waals surface area contributed by atoms with E-state index in [1.807, 2.05) is 0 Å². The highest BCUT2D eigenvalue weighted by Gasteiger charge is 2.09. The lowest BCUT2D eigenvalue weighted by molar-refractivity contribution is 0.0922. The molecule has 78 valence electrons. The number of amides is 1. The minimum absolute atomic E-state index is 0.228. The summed E-state index contributed by atoms with van der Waals surface area (Å²) in [6.45, 7) is 0.474. The van der Waals surface area contributed by atoms with Crippen LogP contribution in [0.15, 0.2) is 32.9 Å². The fourth-order valence-corrected chi connectivity index (χ4v) is 1.86. The molecule has 0 atom stereocenters. The second kappa shape index (κ2) is 4.59. The zero-order valence-corrected chi connectivity index (χ0v) is 9.97. The minimum atomic E-state index is -0.228. The summed E-state index contributed by atoms with van der Waals surface area (Å²) in [6, 6.07) is 3.30. The summed E-state index contributed by atoms with van der Waals surface area (Å²) in [5.74, 6) is 0.0699. The van der Waals surface area contributed by atoms with Crippen molar-refractivity contribution in [2.75, 3.05) is 0 Å². The number of thiazole rings is 1. The average Bonchev–Trinajstić information content (AvgIpc) is 2.84. The Morgan fingerprint density at radius 3 is 3.07 bits per heavy atom. The van der Waals surface area contributed by atoms with E-state index in [9.17, 15) is 4.79 Å². The summed E-state index contributed by atoms with van der Waals surface area (Å²) >= 11 is 4.64. The maximum absolute atomic E-state index is 11.5. The number of hydrogen-bond donors (Lipinski definition) is 1. The van der Waals surface area contributed by atoms with Crippen molar-refractivity contribution < 1.29 is 9.21 Å². The fourth-order valence-electron chi connectivity index (χ4n) is 1.02. The van der Waals surface area contributed by atoms with Gasteiger partial charge >= 0.3 is 0 Å². The molecule has 2 aromatic heterocycles. The Balaban J connectivity index is 1.93. The van der Waals surface area contributed by atoms with Crippen LogP contribution in [0, 0.1) is 0 Å². The topological polar surface area (TPSA) is 55.1 Å². The van der Waals surface area contributed by atoms with E-state index >= 15 is 0 Å². The number of carbonyl (C=O) groups is 1. The van der Waals surface area contributed by atoms with E-state index in [0.29, 0.717) is 17.0 Å². The van der Waals surface area contributed by atoms with Gasteiger partial charge in [0.15, 0.2) is 10.4 Å². The molecule has 0 aliphatic carbocycles. The third kappa shape index (κ3) is 2.66. The molecule has 2 aromatic rings. The molecule has 0 saturated heterocycles. The van der Waals surface area contributed by atoms with Gasteiger partial charge in [-0.25, -0.2) is 0 Å². The van der Waals surface area contributed by atoms with Crippen molar-refractivity contribution in [2.45, 2.75) is 6.54 Å². The van der Waals surface area contributed by atoms with E-state index in [1.54, 1.807) is 23.8 Å². The van der Waals surface area contributed by atoms with E-state index in [-0.39, 0.29) is 5.91 Å². The molecule has 4 nitrogen and oxygen atoms in total. The van der Waals surface area contributed by atoms with Crippen molar-refractivity contribution in [3.05, 3.63) is 39.1 Å². The van der Waals surface area contributed by atoms with Crippen molar-refractivity contribution in [3.8, 4) is 0 Å². The molecule has 15 heavy (non-hydrogen) atoms. The summed E-state index contributed by atoms with van der Waals surface area (Å²) in [7, 11) is 0. The molecule has 1 N–H and O–H groups in total. The molecule has 0 aliphatic heterocycles. The molecule has 0 saturated carbocycles. The largest absolute Gasteiger partial charge is 0.444 e. The Morgan fingerprint density at radius 1 is 1.60 bits per heavy atom. The Labute approximate surface area is 98.5 Å². The third-order valence-corrected chi connectivity index (χ3v) is 2.91. The molecule has 0 radical (unpaired) electrons. The van der Waals surface area contributed by atoms with Gasteiger partial charge in [-0.05, 0) is 28.1 Å². The van der Waals surface area contributed by atoms with E-state index in [4.69, 9.17) is 4.42 Å². The summed E-state index contributed by atoms with van der Waals surface area (Å²) in [6.07, 6.45) is 1.73. The second-order valence-electron chi connectivity index (χ2n) is 2.75. The van der Waals surface area contributed by atoms with Crippen LogP contribution >= 0.6 is 27.3 Å². The zero-order chi connectivity index (χ0) is 10.7. The van der Waals surface area contributed by atoms with E-state index < -0.39 is 0 Å². The maximum atomic E-state index is 11.5. The van der Waals surface area contributed by atoms with Crippen LogP contribution in [0.2, 0.25) is 0 Å². The van der Waals surface area contributed by atoms with Crippen molar-refractivity contribution in [2.24, 2.45) is 0 Å². The first-order valence-corrected chi connectivity index (χ1v) is 5.84. The van der Waals surface area contributed by atoms with Gasteiger partial charge in [0.05, 0.1) is 12.1 Å². The smallest absolute Gasteiger partial charge is 0.287 e. The Kier molecular flexibility index (Phi) is 3.17. The average molecular weight is 287 g/mol. The number of nitrogens with one attached hydrogen (secondary N) is 1. The summed E-state index contributed by atoms with van der Waals surface area (Å²) < 4.78 is 5.65. The van der Waals surface area contributed by atoms with Gasteiger partial charge in [-0.2, -0.15) is 0 Å². The third-order valence-electron chi connectivity index (χ3n) is 1.70. The Hall–Kier alpha value is -1.14. The van der Waals surface area contributed by atoms with Crippen LogP contribution in [-0.4, -0.2) is 10.9 Å². The van der Waals surface area contributed by atoms with E-state index in [1.165, 1.54) is 11.3 Å². The molecule has 2 heterocycles. The van der Waals surface area contributed by atoms with Crippen LogP contribution in [-0.2, 0) is 6.54 Å². The van der Waals surface area contributed by atoms with Crippen LogP contribution in [0.1, 0.15) is 15.4 Å². The number of carbonyl (C=O) groups excluding carboxylic acids is 1. The normalized spacial score (nSPS) is 10.2. The molecule has 0 aliphatic rings. The van der Waals surface area contributed by atoms with E-state index in [0.717, 1.165) is 4.88 Å². The van der Waals surface area contributed by atoms with Gasteiger partial charge in [0.1, 0.15) is 0 Å². The summed E-state index contributed by atoms with van der Waals surface area (Å²) in [5.41, 5.74) is 1.73. The van der Waals surface area contributed by atoms with Crippen molar-refractivity contribution in [1.29, 1.82) is 0 Å². The van der Waals surface area contributed by atoms with Crippen LogP contribution in [0.4, 0.5) is 0 Å². The number of halogens is 1. The predicted molar refractivity (Wildman–Crippen MR) is 59.7 cm³/mol. The summed E-state index contributed by atoms with van der Waals surface area (Å²) in [4.78, 5) is 16.4. The minimum Gasteiger partial charge on any atom is -0.444 e. The predicted octanol–water partition coefficient (Wildman–Crippen LogP) is 2.43. The fraction of sp³-hybridized carbons (Fsp3) is 0.111. The molecule has 0 bridgehead atoms. The van der Waals surface area contributed by atoms with Gasteiger partial charge in [0.2, 0.25) is 0 Å². The molecule has 0 fully saturated rings. The number of hydrogen-bond acceptors (Lipinski definition) is 4. The van der Waals surface area contributed by atoms with Crippen LogP contribution in [0.5, 0.6) is 0 Å². The van der Waals surface area contributed by atoms with Crippen molar-refractivity contribution >= 4 is 33.2 Å². The highest BCUT2D eigenvalue weighted by Crippen LogP contribution is 2.14. The van der Waals surface area contributed by atoms with Gasteiger partial charge in [-0.15, -0.1) is 11.3 Å². The SMILES string of the molecule is O=C(NCc1cncs1)c1ccc(Br)o1. The molecule has 0 aromatic carbocycles. The highest BCUT2D eigenvalue weighted by atomic mass is 79.9. The molecular formula is C9H7BrN2O2S. The Morgan fingerprint density at radius 2 is 2.47 bits per heavy atom. The molecule has 6 heteroatoms. The number of nitrogens with zero attached hydrogens (tertiary/aromatic N) is 1. The summed E-state index contributed by atoms with van der Waals surface area (Å²) in [5, 5.41) is 2.73. The quantitative estimate of drug-likeness (QED) is 0.943. The number of aromatic nitrogens is 1. The van der Waals surface area contributed by atoms with Crippen LogP contribution < -0.4 is 5.32 Å². The maximum Gasteiger partial charge on any atom is 0.287 e. The van der Waals surface area contributed by atoms with Gasteiger partial charge in [-0.1, -0.05) is 0 Å². The lowest BCUT2D eigenvalue weighted by Crippen LogP contribution is -2.21.